The van der Waals surface area contributed by atoms with Crippen molar-refractivity contribution in [3.05, 3.63) is 69.0 Å². The van der Waals surface area contributed by atoms with Crippen molar-refractivity contribution in [3.8, 4) is 22.9 Å². The van der Waals surface area contributed by atoms with Crippen LogP contribution in [0.15, 0.2) is 53.3 Å². The molecule has 26 heavy (non-hydrogen) atoms. The zero-order chi connectivity index (χ0) is 18.1. The number of methoxy groups -OCH3 is 2. The molecular weight excluding hydrogens is 350 g/mol. The van der Waals surface area contributed by atoms with E-state index < -0.39 is 0 Å². The summed E-state index contributed by atoms with van der Waals surface area (Å²) < 4.78 is 12.5. The summed E-state index contributed by atoms with van der Waals surface area (Å²) in [5, 5.41) is 4.35. The lowest BCUT2D eigenvalue weighted by Crippen LogP contribution is -2.23. The summed E-state index contributed by atoms with van der Waals surface area (Å²) in [4.78, 5) is 17.7. The molecule has 7 heteroatoms. The van der Waals surface area contributed by atoms with Crippen LogP contribution in [0.2, 0.25) is 0 Å². The number of thiazole rings is 1. The maximum absolute atomic E-state index is 12.7. The Bertz CT molecular complexity index is 1180. The first kappa shape index (κ1) is 16.3. The Hall–Kier alpha value is -3.19. The highest BCUT2D eigenvalue weighted by Crippen LogP contribution is 2.24. The van der Waals surface area contributed by atoms with E-state index in [-0.39, 0.29) is 5.56 Å². The molecule has 0 saturated heterocycles. The molecule has 0 fully saturated rings. The van der Waals surface area contributed by atoms with Crippen LogP contribution in [0.5, 0.6) is 11.5 Å². The summed E-state index contributed by atoms with van der Waals surface area (Å²) in [6, 6.07) is 15.0. The van der Waals surface area contributed by atoms with Crippen molar-refractivity contribution in [2.75, 3.05) is 14.2 Å². The largest absolute Gasteiger partial charge is 0.497 e. The first-order chi connectivity index (χ1) is 12.7. The third-order valence-electron chi connectivity index (χ3n) is 3.94. The second-order valence-corrected chi connectivity index (χ2v) is 6.53. The van der Waals surface area contributed by atoms with Gasteiger partial charge in [0.1, 0.15) is 11.5 Å². The van der Waals surface area contributed by atoms with Crippen molar-refractivity contribution >= 4 is 22.4 Å². The molecule has 2 aromatic heterocycles. The summed E-state index contributed by atoms with van der Waals surface area (Å²) in [7, 11) is 3.19. The molecule has 0 aliphatic carbocycles. The minimum atomic E-state index is -0.204. The van der Waals surface area contributed by atoms with Gasteiger partial charge in [0.2, 0.25) is 4.96 Å². The van der Waals surface area contributed by atoms with Gasteiger partial charge in [0, 0.05) is 11.1 Å². The number of nitrogens with zero attached hydrogens (tertiary/aromatic N) is 3. The molecule has 0 aliphatic rings. The fourth-order valence-corrected chi connectivity index (χ4v) is 3.54. The topological polar surface area (TPSA) is 65.7 Å². The van der Waals surface area contributed by atoms with Gasteiger partial charge < -0.3 is 9.47 Å². The van der Waals surface area contributed by atoms with Gasteiger partial charge in [0.25, 0.3) is 5.56 Å². The number of rotatable bonds is 4. The van der Waals surface area contributed by atoms with Crippen molar-refractivity contribution < 1.29 is 9.47 Å². The molecule has 4 aromatic rings. The van der Waals surface area contributed by atoms with Crippen LogP contribution in [0.4, 0.5) is 0 Å². The highest BCUT2D eigenvalue weighted by atomic mass is 32.1. The van der Waals surface area contributed by atoms with E-state index in [0.29, 0.717) is 26.8 Å². The van der Waals surface area contributed by atoms with Crippen molar-refractivity contribution in [1.29, 1.82) is 0 Å². The molecule has 4 rings (SSSR count). The maximum Gasteiger partial charge on any atom is 0.291 e. The summed E-state index contributed by atoms with van der Waals surface area (Å²) in [6.45, 7) is 0. The van der Waals surface area contributed by atoms with Crippen molar-refractivity contribution in [1.82, 2.24) is 14.6 Å². The standard InChI is InChI=1S/C19H15N3O3S/c1-24-14-8-9-15(25-2)13(10-14)11-16-18(23)22-19(26-16)20-17(21-22)12-6-4-3-5-7-12/h3-11H,1-2H3/b16-11-. The number of fused-ring (bicyclic) bond motifs is 1. The van der Waals surface area contributed by atoms with E-state index in [1.54, 1.807) is 26.4 Å². The van der Waals surface area contributed by atoms with Gasteiger partial charge in [-0.15, -0.1) is 5.10 Å². The van der Waals surface area contributed by atoms with Gasteiger partial charge in [-0.1, -0.05) is 41.7 Å². The van der Waals surface area contributed by atoms with E-state index in [2.05, 4.69) is 10.1 Å². The number of hydrogen-bond acceptors (Lipinski definition) is 6. The zero-order valence-electron chi connectivity index (χ0n) is 14.2. The van der Waals surface area contributed by atoms with Gasteiger partial charge in [0.05, 0.1) is 18.8 Å². The molecule has 0 aliphatic heterocycles. The van der Waals surface area contributed by atoms with Gasteiger partial charge in [0.15, 0.2) is 5.82 Å². The Kier molecular flexibility index (Phi) is 4.14. The van der Waals surface area contributed by atoms with Crippen molar-refractivity contribution in [3.63, 3.8) is 0 Å². The van der Waals surface area contributed by atoms with E-state index in [1.165, 1.54) is 15.9 Å². The van der Waals surface area contributed by atoms with Crippen LogP contribution in [-0.4, -0.2) is 28.8 Å². The van der Waals surface area contributed by atoms with Crippen LogP contribution in [0, 0.1) is 0 Å². The minimum Gasteiger partial charge on any atom is -0.497 e. The molecule has 2 aromatic carbocycles. The predicted molar refractivity (Wildman–Crippen MR) is 101 cm³/mol. The number of ether oxygens (including phenoxy) is 2. The van der Waals surface area contributed by atoms with Crippen LogP contribution in [0.25, 0.3) is 22.4 Å². The smallest absolute Gasteiger partial charge is 0.291 e. The van der Waals surface area contributed by atoms with E-state index in [4.69, 9.17) is 9.47 Å². The molecular formula is C19H15N3O3S. The molecule has 0 bridgehead atoms. The molecule has 0 amide bonds. The fourth-order valence-electron chi connectivity index (χ4n) is 2.64. The Morgan fingerprint density at radius 1 is 1.08 bits per heavy atom. The van der Waals surface area contributed by atoms with Gasteiger partial charge in [-0.05, 0) is 24.3 Å². The molecule has 0 saturated carbocycles. The van der Waals surface area contributed by atoms with Gasteiger partial charge >= 0.3 is 0 Å². The Morgan fingerprint density at radius 2 is 1.88 bits per heavy atom. The van der Waals surface area contributed by atoms with Crippen LogP contribution in [0.1, 0.15) is 5.56 Å². The lowest BCUT2D eigenvalue weighted by atomic mass is 10.2. The molecule has 0 N–H and O–H groups in total. The summed E-state index contributed by atoms with van der Waals surface area (Å²) in [6.07, 6.45) is 1.77. The lowest BCUT2D eigenvalue weighted by Gasteiger charge is -2.06. The monoisotopic (exact) mass is 365 g/mol. The molecule has 130 valence electrons. The fraction of sp³-hybridized carbons (Fsp3) is 0.105. The molecule has 2 heterocycles. The average Bonchev–Trinajstić information content (AvgIpc) is 3.22. The zero-order valence-corrected chi connectivity index (χ0v) is 15.0. The first-order valence-electron chi connectivity index (χ1n) is 7.88. The Labute approximate surface area is 153 Å². The highest BCUT2D eigenvalue weighted by Gasteiger charge is 2.12. The predicted octanol–water partition coefficient (Wildman–Crippen LogP) is 2.38. The van der Waals surface area contributed by atoms with Gasteiger partial charge in [-0.25, -0.2) is 0 Å². The van der Waals surface area contributed by atoms with E-state index in [1.807, 2.05) is 42.5 Å². The maximum atomic E-state index is 12.7. The summed E-state index contributed by atoms with van der Waals surface area (Å²) >= 11 is 1.29. The molecule has 0 atom stereocenters. The molecule has 0 radical (unpaired) electrons. The van der Waals surface area contributed by atoms with Gasteiger partial charge in [-0.2, -0.15) is 9.50 Å². The lowest BCUT2D eigenvalue weighted by molar-refractivity contribution is 0.402. The third kappa shape index (κ3) is 2.82. The van der Waals surface area contributed by atoms with Crippen LogP contribution < -0.4 is 19.6 Å². The van der Waals surface area contributed by atoms with Crippen molar-refractivity contribution in [2.24, 2.45) is 0 Å². The van der Waals surface area contributed by atoms with Gasteiger partial charge in [-0.3, -0.25) is 4.79 Å². The molecule has 0 spiro atoms. The molecule has 0 unspecified atom stereocenters. The van der Waals surface area contributed by atoms with Crippen LogP contribution >= 0.6 is 11.3 Å². The van der Waals surface area contributed by atoms with Crippen LogP contribution in [0.3, 0.4) is 0 Å². The second kappa shape index (κ2) is 6.61. The Morgan fingerprint density at radius 3 is 2.58 bits per heavy atom. The number of hydrogen-bond donors (Lipinski definition) is 0. The molecule has 6 nitrogen and oxygen atoms in total. The normalized spacial score (nSPS) is 11.8. The summed E-state index contributed by atoms with van der Waals surface area (Å²) in [5.41, 5.74) is 1.43. The van der Waals surface area contributed by atoms with Crippen LogP contribution in [-0.2, 0) is 0 Å². The number of aromatic nitrogens is 3. The average molecular weight is 365 g/mol. The Balaban J connectivity index is 1.84. The quantitative estimate of drug-likeness (QED) is 0.556. The van der Waals surface area contributed by atoms with E-state index >= 15 is 0 Å². The minimum absolute atomic E-state index is 0.204. The van der Waals surface area contributed by atoms with E-state index in [0.717, 1.165) is 11.1 Å². The second-order valence-electron chi connectivity index (χ2n) is 5.52. The third-order valence-corrected chi connectivity index (χ3v) is 4.90. The first-order valence-corrected chi connectivity index (χ1v) is 8.70. The SMILES string of the molecule is COc1ccc(OC)c(/C=c2\sc3nc(-c4ccccc4)nn3c2=O)c1. The summed E-state index contributed by atoms with van der Waals surface area (Å²) in [5.74, 6) is 1.89. The van der Waals surface area contributed by atoms with Crippen molar-refractivity contribution in [2.45, 2.75) is 0 Å². The highest BCUT2D eigenvalue weighted by molar-refractivity contribution is 7.15. The number of benzene rings is 2. The van der Waals surface area contributed by atoms with E-state index in [9.17, 15) is 4.79 Å².